The van der Waals surface area contributed by atoms with E-state index < -0.39 is 11.0 Å². The van der Waals surface area contributed by atoms with Crippen LogP contribution in [-0.4, -0.2) is 4.55 Å². The van der Waals surface area contributed by atoms with E-state index in [0.29, 0.717) is 0 Å². The van der Waals surface area contributed by atoms with Crippen LogP contribution in [0.3, 0.4) is 0 Å². The quantitative estimate of drug-likeness (QED) is 0.156. The summed E-state index contributed by atoms with van der Waals surface area (Å²) in [6, 6.07) is 0. The number of rotatable bonds is 15. The summed E-state index contributed by atoms with van der Waals surface area (Å²) in [5, 5.41) is 0. The molecule has 0 heterocycles. The summed E-state index contributed by atoms with van der Waals surface area (Å²) in [5.41, 5.74) is 0. The third-order valence-electron chi connectivity index (χ3n) is 3.85. The smallest absolute Gasteiger partial charge is 0.439 e. The molecule has 0 saturated carbocycles. The van der Waals surface area contributed by atoms with E-state index in [1.54, 1.807) is 0 Å². The monoisotopic (exact) mass is 373 g/mol. The van der Waals surface area contributed by atoms with Gasteiger partial charge in [-0.3, -0.25) is 0 Å². The van der Waals surface area contributed by atoms with Crippen molar-refractivity contribution in [2.45, 2.75) is 110 Å². The van der Waals surface area contributed by atoms with E-state index in [0.717, 1.165) is 6.42 Å². The van der Waals surface area contributed by atoms with E-state index in [2.05, 4.69) is 13.8 Å². The van der Waals surface area contributed by atoms with Crippen molar-refractivity contribution in [3.8, 4) is 0 Å². The minimum Gasteiger partial charge on any atom is -0.439 e. The van der Waals surface area contributed by atoms with E-state index in [1.807, 2.05) is 0 Å². The van der Waals surface area contributed by atoms with Gasteiger partial charge in [0, 0.05) is 11.0 Å². The van der Waals surface area contributed by atoms with Gasteiger partial charge in [0.1, 0.15) is 0 Å². The molecular weight excluding hydrogens is 335 g/mol. The van der Waals surface area contributed by atoms with Gasteiger partial charge in [0.15, 0.2) is 0 Å². The van der Waals surface area contributed by atoms with Crippen LogP contribution in [0.1, 0.15) is 110 Å². The zero-order valence-electron chi connectivity index (χ0n) is 15.7. The predicted molar refractivity (Wildman–Crippen MR) is 96.3 cm³/mol. The summed E-state index contributed by atoms with van der Waals surface area (Å²) in [5.74, 6) is 0. The summed E-state index contributed by atoms with van der Waals surface area (Å²) < 4.78 is 24.1. The SMILES string of the molecule is O=[S-](=O)O.[CH2]CCCCCCCCCCCCCCCCC.[K+]. The second-order valence-corrected chi connectivity index (χ2v) is 6.45. The van der Waals surface area contributed by atoms with Crippen LogP contribution in [0.25, 0.3) is 0 Å². The summed E-state index contributed by atoms with van der Waals surface area (Å²) in [6.45, 7) is 6.18. The van der Waals surface area contributed by atoms with E-state index in [-0.39, 0.29) is 51.4 Å². The van der Waals surface area contributed by atoms with Crippen LogP contribution < -0.4 is 51.4 Å². The number of unbranched alkanes of at least 4 members (excludes halogenated alkanes) is 15. The summed E-state index contributed by atoms with van der Waals surface area (Å²) in [7, 11) is -2.86. The first kappa shape index (κ1) is 29.3. The van der Waals surface area contributed by atoms with Gasteiger partial charge in [-0.1, -0.05) is 117 Å². The number of hydrogen-bond donors (Lipinski definition) is 1. The van der Waals surface area contributed by atoms with Crippen LogP contribution >= 0.6 is 0 Å². The van der Waals surface area contributed by atoms with Gasteiger partial charge in [-0.05, 0) is 0 Å². The van der Waals surface area contributed by atoms with Crippen molar-refractivity contribution in [2.24, 2.45) is 0 Å². The summed E-state index contributed by atoms with van der Waals surface area (Å²) in [4.78, 5) is 0. The molecule has 0 aromatic rings. The Bertz CT molecular complexity index is 235. The standard InChI is InChI=1S/C18H37.K.HO3S/c1-3-5-7-9-11-13-15-17-18-16-14-12-10-8-6-4-2;;1-4(2)3/h1,3-18H2,2H3;;(H,1,2,3)/q;+1;-1. The van der Waals surface area contributed by atoms with Crippen LogP contribution in [0.2, 0.25) is 0 Å². The maximum Gasteiger partial charge on any atom is 1.00 e. The second-order valence-electron chi connectivity index (χ2n) is 6.02. The number of hydrogen-bond acceptors (Lipinski definition) is 3. The van der Waals surface area contributed by atoms with Gasteiger partial charge in [0.25, 0.3) is 0 Å². The van der Waals surface area contributed by atoms with Gasteiger partial charge in [-0.25, -0.2) is 0 Å². The molecule has 5 heteroatoms. The fourth-order valence-corrected chi connectivity index (χ4v) is 2.55. The van der Waals surface area contributed by atoms with E-state index in [4.69, 9.17) is 13.0 Å². The molecule has 23 heavy (non-hydrogen) atoms. The summed E-state index contributed by atoms with van der Waals surface area (Å²) in [6.07, 6.45) is 22.8. The zero-order chi connectivity index (χ0) is 16.9. The molecule has 0 amide bonds. The van der Waals surface area contributed by atoms with Gasteiger partial charge in [0.2, 0.25) is 0 Å². The fourth-order valence-electron chi connectivity index (χ4n) is 2.55. The largest absolute Gasteiger partial charge is 1.00 e. The third-order valence-corrected chi connectivity index (χ3v) is 3.85. The van der Waals surface area contributed by atoms with E-state index in [9.17, 15) is 0 Å². The molecule has 0 bridgehead atoms. The molecule has 0 aliphatic rings. The van der Waals surface area contributed by atoms with Crippen LogP contribution in [-0.2, 0) is 19.4 Å². The Balaban J connectivity index is -0.000000712. The Morgan fingerprint density at radius 2 is 0.870 bits per heavy atom. The first-order chi connectivity index (χ1) is 10.6. The average molecular weight is 374 g/mol. The molecule has 0 spiro atoms. The van der Waals surface area contributed by atoms with Crippen molar-refractivity contribution >= 4 is 11.0 Å². The van der Waals surface area contributed by atoms with Crippen LogP contribution in [0, 0.1) is 6.92 Å². The minimum atomic E-state index is -2.86. The molecule has 1 N–H and O–H groups in total. The maximum atomic E-state index is 8.56. The van der Waals surface area contributed by atoms with Crippen molar-refractivity contribution in [1.82, 2.24) is 0 Å². The molecule has 0 atom stereocenters. The van der Waals surface area contributed by atoms with E-state index >= 15 is 0 Å². The Morgan fingerprint density at radius 1 is 0.652 bits per heavy atom. The second kappa shape index (κ2) is 28.4. The molecule has 1 radical (unpaired) electrons. The molecule has 0 unspecified atom stereocenters. The third kappa shape index (κ3) is 39.9. The fraction of sp³-hybridized carbons (Fsp3) is 0.944. The van der Waals surface area contributed by atoms with Crippen molar-refractivity contribution in [3.05, 3.63) is 6.92 Å². The predicted octanol–water partition coefficient (Wildman–Crippen LogP) is 3.85. The Hall–Kier alpha value is 1.55. The van der Waals surface area contributed by atoms with Gasteiger partial charge in [-0.2, -0.15) is 0 Å². The Labute approximate surface area is 190 Å². The van der Waals surface area contributed by atoms with E-state index in [1.165, 1.54) is 96.3 Å². The zero-order valence-corrected chi connectivity index (χ0v) is 19.6. The van der Waals surface area contributed by atoms with Crippen molar-refractivity contribution < 1.29 is 64.4 Å². The molecule has 135 valence electrons. The average Bonchev–Trinajstić information content (AvgIpc) is 2.47. The van der Waals surface area contributed by atoms with Gasteiger partial charge >= 0.3 is 51.4 Å². The molecule has 0 fully saturated rings. The molecule has 0 rings (SSSR count). The normalized spacial score (nSPS) is 10.1. The minimum absolute atomic E-state index is 0. The molecule has 0 saturated heterocycles. The van der Waals surface area contributed by atoms with Gasteiger partial charge in [-0.15, -0.1) is 0 Å². The topological polar surface area (TPSA) is 54.4 Å². The van der Waals surface area contributed by atoms with Gasteiger partial charge < -0.3 is 13.0 Å². The Morgan fingerprint density at radius 3 is 1.09 bits per heavy atom. The molecule has 0 aromatic carbocycles. The van der Waals surface area contributed by atoms with Crippen molar-refractivity contribution in [2.75, 3.05) is 0 Å². The maximum absolute atomic E-state index is 8.56. The molecule has 3 nitrogen and oxygen atoms in total. The van der Waals surface area contributed by atoms with Crippen molar-refractivity contribution in [1.29, 1.82) is 0 Å². The first-order valence-electron chi connectivity index (χ1n) is 9.22. The molecule has 0 aliphatic carbocycles. The van der Waals surface area contributed by atoms with Crippen LogP contribution in [0.4, 0.5) is 0 Å². The molecular formula is C18H38KO3S. The Kier molecular flexibility index (Phi) is 36.1. The first-order valence-corrected chi connectivity index (χ1v) is 10.3. The van der Waals surface area contributed by atoms with Gasteiger partial charge in [0.05, 0.1) is 0 Å². The molecule has 0 aromatic heterocycles. The van der Waals surface area contributed by atoms with Crippen molar-refractivity contribution in [3.63, 3.8) is 0 Å². The molecule has 0 aliphatic heterocycles. The van der Waals surface area contributed by atoms with Crippen LogP contribution in [0.15, 0.2) is 0 Å². The summed E-state index contributed by atoms with van der Waals surface area (Å²) >= 11 is 0. The van der Waals surface area contributed by atoms with Crippen LogP contribution in [0.5, 0.6) is 0 Å².